The summed E-state index contributed by atoms with van der Waals surface area (Å²) in [7, 11) is 0. The van der Waals surface area contributed by atoms with Crippen LogP contribution in [0.3, 0.4) is 0 Å². The number of hydrogen-bond donors (Lipinski definition) is 3. The van der Waals surface area contributed by atoms with Crippen LogP contribution < -0.4 is 10.6 Å². The van der Waals surface area contributed by atoms with Gasteiger partial charge in [0.25, 0.3) is 0 Å². The number of rotatable bonds is 4. The maximum atomic E-state index is 12.2. The molecule has 0 radical (unpaired) electrons. The predicted molar refractivity (Wildman–Crippen MR) is 82.2 cm³/mol. The van der Waals surface area contributed by atoms with Crippen LogP contribution in [0.1, 0.15) is 55.3 Å². The zero-order valence-corrected chi connectivity index (χ0v) is 13.2. The summed E-state index contributed by atoms with van der Waals surface area (Å²) in [5.74, 6) is 0.537. The number of urea groups is 1. The van der Waals surface area contributed by atoms with E-state index < -0.39 is 0 Å². The highest BCUT2D eigenvalue weighted by molar-refractivity contribution is 7.09. The Kier molecular flexibility index (Phi) is 4.45. The zero-order chi connectivity index (χ0) is 14.8. The van der Waals surface area contributed by atoms with E-state index >= 15 is 0 Å². The second-order valence-electron chi connectivity index (χ2n) is 6.27. The predicted octanol–water partition coefficient (Wildman–Crippen LogP) is 2.51. The van der Waals surface area contributed by atoms with Crippen LogP contribution in [0, 0.1) is 12.8 Å². The van der Waals surface area contributed by atoms with Gasteiger partial charge in [-0.1, -0.05) is 0 Å². The highest BCUT2D eigenvalue weighted by atomic mass is 32.1. The Balaban J connectivity index is 1.54. The molecule has 1 heterocycles. The molecular weight excluding hydrogens is 286 g/mol. The number of nitrogens with one attached hydrogen (secondary N) is 2. The summed E-state index contributed by atoms with van der Waals surface area (Å²) in [5, 5.41) is 18.7. The van der Waals surface area contributed by atoms with Gasteiger partial charge in [0.15, 0.2) is 0 Å². The van der Waals surface area contributed by atoms with Crippen molar-refractivity contribution in [1.82, 2.24) is 15.6 Å². The summed E-state index contributed by atoms with van der Waals surface area (Å²) in [4.78, 5) is 16.7. The second-order valence-corrected chi connectivity index (χ2v) is 7.16. The number of nitrogens with zero attached hydrogens (tertiary/aromatic N) is 1. The van der Waals surface area contributed by atoms with Gasteiger partial charge in [0.1, 0.15) is 5.01 Å². The first-order valence-electron chi connectivity index (χ1n) is 7.79. The van der Waals surface area contributed by atoms with Crippen LogP contribution >= 0.6 is 11.3 Å². The van der Waals surface area contributed by atoms with Gasteiger partial charge in [0, 0.05) is 17.1 Å². The Morgan fingerprint density at radius 1 is 1.33 bits per heavy atom. The summed E-state index contributed by atoms with van der Waals surface area (Å²) in [5.41, 5.74) is 1.02. The van der Waals surface area contributed by atoms with Gasteiger partial charge in [0.05, 0.1) is 12.1 Å². The Hall–Kier alpha value is -1.14. The van der Waals surface area contributed by atoms with Crippen LogP contribution in [0.25, 0.3) is 0 Å². The number of hydrogen-bond acceptors (Lipinski definition) is 4. The molecule has 0 spiro atoms. The van der Waals surface area contributed by atoms with E-state index in [2.05, 4.69) is 15.6 Å². The molecule has 1 aromatic heterocycles. The monoisotopic (exact) mass is 309 g/mol. The molecule has 2 aliphatic carbocycles. The molecule has 1 unspecified atom stereocenters. The molecule has 2 amide bonds. The van der Waals surface area contributed by atoms with Gasteiger partial charge >= 0.3 is 6.03 Å². The summed E-state index contributed by atoms with van der Waals surface area (Å²) in [6, 6.07) is 0.144. The molecule has 1 atom stereocenters. The first-order valence-corrected chi connectivity index (χ1v) is 8.67. The Morgan fingerprint density at radius 2 is 2.05 bits per heavy atom. The number of aliphatic hydroxyl groups is 1. The molecule has 2 aliphatic rings. The van der Waals surface area contributed by atoms with E-state index in [1.165, 1.54) is 12.8 Å². The molecule has 1 aromatic rings. The highest BCUT2D eigenvalue weighted by Crippen LogP contribution is 2.41. The van der Waals surface area contributed by atoms with Crippen molar-refractivity contribution in [2.24, 2.45) is 5.92 Å². The largest absolute Gasteiger partial charge is 0.393 e. The minimum absolute atomic E-state index is 0.0536. The minimum atomic E-state index is -0.191. The second kappa shape index (κ2) is 6.32. The van der Waals surface area contributed by atoms with Crippen molar-refractivity contribution in [2.45, 2.75) is 63.6 Å². The van der Waals surface area contributed by atoms with E-state index in [0.717, 1.165) is 36.4 Å². The van der Waals surface area contributed by atoms with Gasteiger partial charge in [-0.2, -0.15) is 0 Å². The van der Waals surface area contributed by atoms with Gasteiger partial charge in [-0.05, 0) is 51.4 Å². The van der Waals surface area contributed by atoms with Crippen molar-refractivity contribution >= 4 is 17.4 Å². The van der Waals surface area contributed by atoms with Crippen LogP contribution in [0.5, 0.6) is 0 Å². The van der Waals surface area contributed by atoms with E-state index in [0.29, 0.717) is 5.92 Å². The van der Waals surface area contributed by atoms with Crippen molar-refractivity contribution in [3.05, 3.63) is 16.1 Å². The molecular formula is C15H23N3O2S. The Morgan fingerprint density at radius 3 is 2.62 bits per heavy atom. The number of carbonyl (C=O) groups excluding carboxylic acids is 1. The molecule has 0 aliphatic heterocycles. The SMILES string of the molecule is Cc1csc(C(NC(=O)NC2CCC(O)CC2)C2CC2)n1. The third-order valence-electron chi connectivity index (χ3n) is 4.31. The third-order valence-corrected chi connectivity index (χ3v) is 5.36. The lowest BCUT2D eigenvalue weighted by molar-refractivity contribution is 0.117. The van der Waals surface area contributed by atoms with Gasteiger partial charge in [-0.25, -0.2) is 9.78 Å². The van der Waals surface area contributed by atoms with E-state index in [1.54, 1.807) is 11.3 Å². The van der Waals surface area contributed by atoms with Crippen LogP contribution in [0.15, 0.2) is 5.38 Å². The van der Waals surface area contributed by atoms with Gasteiger partial charge in [0.2, 0.25) is 0 Å². The van der Waals surface area contributed by atoms with Gasteiger partial charge in [-0.3, -0.25) is 0 Å². The average Bonchev–Trinajstić information content (AvgIpc) is 3.21. The first-order chi connectivity index (χ1) is 10.1. The smallest absolute Gasteiger partial charge is 0.315 e. The molecule has 3 N–H and O–H groups in total. The number of amides is 2. The average molecular weight is 309 g/mol. The molecule has 3 rings (SSSR count). The normalized spacial score (nSPS) is 27.1. The molecule has 2 fully saturated rings. The van der Waals surface area contributed by atoms with Crippen LogP contribution in [-0.2, 0) is 0 Å². The van der Waals surface area contributed by atoms with Crippen molar-refractivity contribution < 1.29 is 9.90 Å². The lowest BCUT2D eigenvalue weighted by atomic mass is 9.93. The van der Waals surface area contributed by atoms with Crippen molar-refractivity contribution in [1.29, 1.82) is 0 Å². The standard InChI is InChI=1S/C15H23N3O2S/c1-9-8-21-14(16-9)13(10-2-3-10)18-15(20)17-11-4-6-12(19)7-5-11/h8,10-13,19H,2-7H2,1H3,(H2,17,18,20). The molecule has 0 saturated heterocycles. The maximum Gasteiger partial charge on any atom is 0.315 e. The molecule has 5 nitrogen and oxygen atoms in total. The van der Waals surface area contributed by atoms with Crippen LogP contribution in [0.4, 0.5) is 4.79 Å². The fourth-order valence-corrected chi connectivity index (χ4v) is 3.85. The number of aliphatic hydroxyl groups excluding tert-OH is 1. The molecule has 116 valence electrons. The number of carbonyl (C=O) groups is 1. The Bertz CT molecular complexity index is 493. The van der Waals surface area contributed by atoms with Crippen LogP contribution in [0.2, 0.25) is 0 Å². The summed E-state index contributed by atoms with van der Waals surface area (Å²) in [6.07, 6.45) is 5.42. The first kappa shape index (κ1) is 14.8. The number of thiazole rings is 1. The molecule has 2 saturated carbocycles. The quantitative estimate of drug-likeness (QED) is 0.800. The fourth-order valence-electron chi connectivity index (χ4n) is 2.91. The fraction of sp³-hybridized carbons (Fsp3) is 0.733. The maximum absolute atomic E-state index is 12.2. The summed E-state index contributed by atoms with van der Waals surface area (Å²) >= 11 is 1.63. The highest BCUT2D eigenvalue weighted by Gasteiger charge is 2.35. The topological polar surface area (TPSA) is 74.2 Å². The summed E-state index contributed by atoms with van der Waals surface area (Å²) < 4.78 is 0. The van der Waals surface area contributed by atoms with Crippen molar-refractivity contribution in [3.63, 3.8) is 0 Å². The molecule has 21 heavy (non-hydrogen) atoms. The van der Waals surface area contributed by atoms with E-state index in [-0.39, 0.29) is 24.2 Å². The van der Waals surface area contributed by atoms with Gasteiger partial charge < -0.3 is 15.7 Å². The minimum Gasteiger partial charge on any atom is -0.393 e. The van der Waals surface area contributed by atoms with Gasteiger partial charge in [-0.15, -0.1) is 11.3 Å². The molecule has 0 aromatic carbocycles. The summed E-state index contributed by atoms with van der Waals surface area (Å²) in [6.45, 7) is 1.98. The number of aromatic nitrogens is 1. The molecule has 0 bridgehead atoms. The van der Waals surface area contributed by atoms with E-state index in [9.17, 15) is 9.90 Å². The third kappa shape index (κ3) is 3.95. The van der Waals surface area contributed by atoms with Crippen LogP contribution in [-0.4, -0.2) is 28.3 Å². The van der Waals surface area contributed by atoms with E-state index in [4.69, 9.17) is 0 Å². The lowest BCUT2D eigenvalue weighted by Gasteiger charge is -2.27. The van der Waals surface area contributed by atoms with E-state index in [1.807, 2.05) is 12.3 Å². The Labute approximate surface area is 129 Å². The van der Waals surface area contributed by atoms with Crippen molar-refractivity contribution in [3.8, 4) is 0 Å². The lowest BCUT2D eigenvalue weighted by Crippen LogP contribution is -2.45. The molecule has 6 heteroatoms. The van der Waals surface area contributed by atoms with Crippen molar-refractivity contribution in [2.75, 3.05) is 0 Å². The number of aryl methyl sites for hydroxylation is 1. The zero-order valence-electron chi connectivity index (χ0n) is 12.3.